The summed E-state index contributed by atoms with van der Waals surface area (Å²) in [4.78, 5) is 36.8. The predicted octanol–water partition coefficient (Wildman–Crippen LogP) is 0.219. The second kappa shape index (κ2) is 9.34. The molecule has 1 fully saturated rings. The molecule has 1 aromatic heterocycles. The van der Waals surface area contributed by atoms with E-state index >= 15 is 0 Å². The molecule has 9 heteroatoms. The third kappa shape index (κ3) is 5.31. The first-order valence-corrected chi connectivity index (χ1v) is 10.5. The van der Waals surface area contributed by atoms with Crippen molar-refractivity contribution >= 4 is 39.1 Å². The zero-order valence-corrected chi connectivity index (χ0v) is 17.2. The van der Waals surface area contributed by atoms with E-state index in [1.165, 1.54) is 6.92 Å². The summed E-state index contributed by atoms with van der Waals surface area (Å²) in [5.74, 6) is -0.927. The summed E-state index contributed by atoms with van der Waals surface area (Å²) in [6.07, 6.45) is 1.37. The van der Waals surface area contributed by atoms with E-state index < -0.39 is 11.6 Å². The van der Waals surface area contributed by atoms with E-state index in [0.717, 1.165) is 15.6 Å². The molecule has 6 N–H and O–H groups in total. The van der Waals surface area contributed by atoms with Gasteiger partial charge in [0.15, 0.2) is 0 Å². The van der Waals surface area contributed by atoms with Crippen molar-refractivity contribution in [1.29, 1.82) is 0 Å². The van der Waals surface area contributed by atoms with Crippen molar-refractivity contribution in [1.82, 2.24) is 21.3 Å². The Hall–Kier alpha value is -2.49. The molecule has 1 atom stereocenters. The van der Waals surface area contributed by atoms with Crippen molar-refractivity contribution in [2.24, 2.45) is 5.73 Å². The van der Waals surface area contributed by atoms with Gasteiger partial charge >= 0.3 is 0 Å². The quantitative estimate of drug-likeness (QED) is 0.412. The van der Waals surface area contributed by atoms with Crippen molar-refractivity contribution in [2.75, 3.05) is 19.8 Å². The molecule has 0 radical (unpaired) electrons. The zero-order valence-electron chi connectivity index (χ0n) is 16.4. The number of thiophene rings is 1. The Bertz CT molecular complexity index is 891. The van der Waals surface area contributed by atoms with Crippen molar-refractivity contribution in [2.45, 2.75) is 37.8 Å². The molecule has 2 aromatic rings. The van der Waals surface area contributed by atoms with E-state index in [9.17, 15) is 14.4 Å². The highest BCUT2D eigenvalue weighted by Gasteiger charge is 2.37. The molecule has 0 saturated carbocycles. The van der Waals surface area contributed by atoms with Crippen LogP contribution in [-0.4, -0.2) is 49.1 Å². The lowest BCUT2D eigenvalue weighted by Crippen LogP contribution is -2.62. The fourth-order valence-electron chi connectivity index (χ4n) is 3.40. The number of hydrogen-bond acceptors (Lipinski definition) is 6. The van der Waals surface area contributed by atoms with Gasteiger partial charge in [-0.1, -0.05) is 18.2 Å². The average molecular weight is 418 g/mol. The first-order valence-electron chi connectivity index (χ1n) is 9.67. The van der Waals surface area contributed by atoms with Crippen LogP contribution >= 0.6 is 11.3 Å². The number of hydrogen-bond donors (Lipinski definition) is 5. The van der Waals surface area contributed by atoms with E-state index in [1.54, 1.807) is 11.3 Å². The van der Waals surface area contributed by atoms with Crippen molar-refractivity contribution in [3.05, 3.63) is 35.2 Å². The number of carbonyl (C=O) groups excluding carboxylic acids is 3. The van der Waals surface area contributed by atoms with Crippen LogP contribution in [0.4, 0.5) is 0 Å². The average Bonchev–Trinajstić information content (AvgIpc) is 3.10. The largest absolute Gasteiger partial charge is 0.342 e. The highest BCUT2D eigenvalue weighted by molar-refractivity contribution is 7.17. The summed E-state index contributed by atoms with van der Waals surface area (Å²) in [6, 6.07) is 7.17. The second-order valence-electron chi connectivity index (χ2n) is 7.34. The minimum atomic E-state index is -0.988. The molecule has 8 nitrogen and oxygen atoms in total. The van der Waals surface area contributed by atoms with Crippen LogP contribution in [0.1, 0.15) is 25.3 Å². The molecular weight excluding hydrogens is 390 g/mol. The molecule has 0 spiro atoms. The summed E-state index contributed by atoms with van der Waals surface area (Å²) in [6.45, 7) is 2.71. The van der Waals surface area contributed by atoms with Gasteiger partial charge in [0.05, 0.1) is 12.2 Å². The summed E-state index contributed by atoms with van der Waals surface area (Å²) >= 11 is 1.60. The smallest absolute Gasteiger partial charge is 0.244 e. The first-order chi connectivity index (χ1) is 13.9. The van der Waals surface area contributed by atoms with Gasteiger partial charge in [-0.05, 0) is 48.3 Å². The maximum atomic E-state index is 12.9. The minimum Gasteiger partial charge on any atom is -0.342 e. The Morgan fingerprint density at radius 3 is 2.66 bits per heavy atom. The van der Waals surface area contributed by atoms with Crippen LogP contribution in [-0.2, 0) is 20.8 Å². The highest BCUT2D eigenvalue weighted by atomic mass is 32.1. The van der Waals surface area contributed by atoms with Gasteiger partial charge in [0.1, 0.15) is 6.04 Å². The Morgan fingerprint density at radius 2 is 1.93 bits per heavy atom. The minimum absolute atomic E-state index is 0.00259. The van der Waals surface area contributed by atoms with E-state index in [4.69, 9.17) is 5.73 Å². The lowest BCUT2D eigenvalue weighted by atomic mass is 9.88. The summed E-state index contributed by atoms with van der Waals surface area (Å²) in [5, 5.41) is 14.3. The fraction of sp³-hybridized carbons (Fsp3) is 0.450. The van der Waals surface area contributed by atoms with Gasteiger partial charge < -0.3 is 27.0 Å². The topological polar surface area (TPSA) is 125 Å². The molecule has 29 heavy (non-hydrogen) atoms. The molecule has 3 rings (SSSR count). The number of fused-ring (bicyclic) bond motifs is 1. The Morgan fingerprint density at radius 1 is 1.21 bits per heavy atom. The van der Waals surface area contributed by atoms with Gasteiger partial charge in [0.25, 0.3) is 0 Å². The second-order valence-corrected chi connectivity index (χ2v) is 8.26. The lowest BCUT2D eigenvalue weighted by molar-refractivity contribution is -0.132. The van der Waals surface area contributed by atoms with Gasteiger partial charge in [0.2, 0.25) is 17.7 Å². The number of nitrogens with one attached hydrogen (secondary N) is 4. The molecule has 0 bridgehead atoms. The van der Waals surface area contributed by atoms with Gasteiger partial charge in [-0.3, -0.25) is 14.4 Å². The van der Waals surface area contributed by atoms with Crippen LogP contribution in [0.2, 0.25) is 0 Å². The van der Waals surface area contributed by atoms with E-state index in [2.05, 4.69) is 21.3 Å². The maximum Gasteiger partial charge on any atom is 0.244 e. The monoisotopic (exact) mass is 417 g/mol. The molecule has 3 amide bonds. The molecule has 1 aromatic carbocycles. The molecule has 2 heterocycles. The zero-order chi connectivity index (χ0) is 20.9. The molecule has 156 valence electrons. The highest BCUT2D eigenvalue weighted by Crippen LogP contribution is 2.27. The molecule has 1 aliphatic heterocycles. The predicted molar refractivity (Wildman–Crippen MR) is 113 cm³/mol. The van der Waals surface area contributed by atoms with Crippen LogP contribution in [0.15, 0.2) is 29.6 Å². The number of carbonyl (C=O) groups is 3. The Balaban J connectivity index is 1.76. The molecule has 1 saturated heterocycles. The number of rotatable bonds is 7. The van der Waals surface area contributed by atoms with E-state index in [1.807, 2.05) is 29.6 Å². The third-order valence-electron chi connectivity index (χ3n) is 5.15. The number of benzene rings is 1. The molecule has 0 unspecified atom stereocenters. The standard InChI is InChI=1S/C20H27N5O3S/c1-13(26)23-12-24-18(27)16(25-19(28)20(21)6-8-22-9-7-20)10-14-11-29-17-5-3-2-4-15(14)17/h2-5,11,16,22H,6-10,12,21H2,1H3,(H,23,26)(H,24,27)(H,25,28)/t16-/m1/s1. The number of amides is 3. The lowest BCUT2D eigenvalue weighted by Gasteiger charge is -2.33. The van der Waals surface area contributed by atoms with Crippen LogP contribution in [0.25, 0.3) is 10.1 Å². The number of piperidine rings is 1. The van der Waals surface area contributed by atoms with Crippen LogP contribution < -0.4 is 27.0 Å². The van der Waals surface area contributed by atoms with Gasteiger partial charge in [-0.15, -0.1) is 11.3 Å². The fourth-order valence-corrected chi connectivity index (χ4v) is 4.38. The Labute approximate surface area is 173 Å². The van der Waals surface area contributed by atoms with Gasteiger partial charge in [0, 0.05) is 18.0 Å². The van der Waals surface area contributed by atoms with Crippen molar-refractivity contribution in [3.8, 4) is 0 Å². The summed E-state index contributed by atoms with van der Waals surface area (Å²) < 4.78 is 1.12. The normalized spacial score (nSPS) is 16.8. The van der Waals surface area contributed by atoms with E-state index in [-0.39, 0.29) is 24.4 Å². The molecular formula is C20H27N5O3S. The first kappa shape index (κ1) is 21.2. The summed E-state index contributed by atoms with van der Waals surface area (Å²) in [5.41, 5.74) is 6.32. The third-order valence-corrected chi connectivity index (χ3v) is 6.17. The summed E-state index contributed by atoms with van der Waals surface area (Å²) in [7, 11) is 0. The van der Waals surface area contributed by atoms with Crippen molar-refractivity contribution in [3.63, 3.8) is 0 Å². The molecule has 0 aliphatic carbocycles. The van der Waals surface area contributed by atoms with Gasteiger partial charge in [-0.25, -0.2) is 0 Å². The molecule has 1 aliphatic rings. The Kier molecular flexibility index (Phi) is 6.83. The van der Waals surface area contributed by atoms with Crippen molar-refractivity contribution < 1.29 is 14.4 Å². The van der Waals surface area contributed by atoms with Crippen LogP contribution in [0.5, 0.6) is 0 Å². The van der Waals surface area contributed by atoms with E-state index in [0.29, 0.717) is 32.4 Å². The maximum absolute atomic E-state index is 12.9. The number of nitrogens with two attached hydrogens (primary N) is 1. The SMILES string of the molecule is CC(=O)NCNC(=O)[C@@H](Cc1csc2ccccc12)NC(=O)C1(N)CCNCC1. The van der Waals surface area contributed by atoms with Crippen LogP contribution in [0, 0.1) is 0 Å². The van der Waals surface area contributed by atoms with Gasteiger partial charge in [-0.2, -0.15) is 0 Å². The van der Waals surface area contributed by atoms with Crippen LogP contribution in [0.3, 0.4) is 0 Å².